The molecule has 0 radical (unpaired) electrons. The van der Waals surface area contributed by atoms with Gasteiger partial charge in [0.1, 0.15) is 11.6 Å². The summed E-state index contributed by atoms with van der Waals surface area (Å²) in [6, 6.07) is 7.33. The predicted octanol–water partition coefficient (Wildman–Crippen LogP) is 3.28. The topological polar surface area (TPSA) is 90.5 Å². The average molecular weight is 320 g/mol. The van der Waals surface area contributed by atoms with Gasteiger partial charge in [0.05, 0.1) is 23.3 Å². The van der Waals surface area contributed by atoms with Crippen molar-refractivity contribution in [3.63, 3.8) is 0 Å². The summed E-state index contributed by atoms with van der Waals surface area (Å²) in [6.07, 6.45) is 0. The van der Waals surface area contributed by atoms with Crippen LogP contribution in [0.1, 0.15) is 23.0 Å². The molecule has 1 aromatic carbocycles. The first kappa shape index (κ1) is 13.8. The zero-order chi connectivity index (χ0) is 15.1. The summed E-state index contributed by atoms with van der Waals surface area (Å²) in [6.45, 7) is 1.84. The van der Waals surface area contributed by atoms with E-state index in [4.69, 9.17) is 28.9 Å². The Morgan fingerprint density at radius 1 is 1.38 bits per heavy atom. The van der Waals surface area contributed by atoms with Gasteiger partial charge in [0, 0.05) is 10.0 Å². The molecule has 4 N–H and O–H groups in total. The van der Waals surface area contributed by atoms with Gasteiger partial charge in [-0.1, -0.05) is 29.3 Å². The Morgan fingerprint density at radius 2 is 2.14 bits per heavy atom. The van der Waals surface area contributed by atoms with E-state index in [1.807, 2.05) is 6.92 Å². The molecule has 2 heterocycles. The lowest BCUT2D eigenvalue weighted by Gasteiger charge is -2.24. The molecule has 1 aromatic heterocycles. The van der Waals surface area contributed by atoms with E-state index in [1.54, 1.807) is 18.2 Å². The fourth-order valence-electron chi connectivity index (χ4n) is 2.48. The molecule has 0 amide bonds. The highest BCUT2D eigenvalue weighted by Crippen LogP contribution is 2.42. The molecule has 0 spiro atoms. The van der Waals surface area contributed by atoms with Crippen LogP contribution in [0.3, 0.4) is 0 Å². The lowest BCUT2D eigenvalue weighted by atomic mass is 9.86. The van der Waals surface area contributed by atoms with Crippen molar-refractivity contribution in [1.29, 1.82) is 5.26 Å². The van der Waals surface area contributed by atoms with E-state index >= 15 is 0 Å². The smallest absolute Gasteiger partial charge is 0.154 e. The first-order valence-electron chi connectivity index (χ1n) is 6.19. The number of allylic oxidation sites excluding steroid dienone is 1. The molecule has 5 nitrogen and oxygen atoms in total. The van der Waals surface area contributed by atoms with Crippen LogP contribution in [0.25, 0.3) is 0 Å². The molecule has 1 aliphatic heterocycles. The van der Waals surface area contributed by atoms with Crippen molar-refractivity contribution in [3.05, 3.63) is 56.7 Å². The van der Waals surface area contributed by atoms with Gasteiger partial charge in [0.15, 0.2) is 5.82 Å². The fourth-order valence-corrected chi connectivity index (χ4v) is 3.00. The van der Waals surface area contributed by atoms with Gasteiger partial charge in [-0.15, -0.1) is 0 Å². The van der Waals surface area contributed by atoms with E-state index in [-0.39, 0.29) is 5.82 Å². The molecule has 21 heavy (non-hydrogen) atoms. The molecule has 1 atom stereocenters. The van der Waals surface area contributed by atoms with Crippen LogP contribution in [0.5, 0.6) is 0 Å². The van der Waals surface area contributed by atoms with Crippen LogP contribution in [-0.2, 0) is 0 Å². The van der Waals surface area contributed by atoms with Crippen LogP contribution >= 0.6 is 23.2 Å². The molecular weight excluding hydrogens is 309 g/mol. The van der Waals surface area contributed by atoms with E-state index in [0.717, 1.165) is 17.1 Å². The van der Waals surface area contributed by atoms with Crippen molar-refractivity contribution in [2.45, 2.75) is 12.8 Å². The van der Waals surface area contributed by atoms with Crippen molar-refractivity contribution < 1.29 is 0 Å². The van der Waals surface area contributed by atoms with E-state index in [1.165, 1.54) is 0 Å². The first-order valence-corrected chi connectivity index (χ1v) is 6.95. The Labute approximate surface area is 131 Å². The maximum absolute atomic E-state index is 9.44. The number of fused-ring (bicyclic) bond motifs is 1. The minimum Gasteiger partial charge on any atom is -0.384 e. The molecule has 0 fully saturated rings. The minimum absolute atomic E-state index is 0.285. The van der Waals surface area contributed by atoms with Crippen molar-refractivity contribution in [1.82, 2.24) is 9.97 Å². The number of aromatic amines is 1. The van der Waals surface area contributed by atoms with Gasteiger partial charge < -0.3 is 16.0 Å². The van der Waals surface area contributed by atoms with Crippen LogP contribution in [0.4, 0.5) is 5.82 Å². The number of aromatic nitrogens is 2. The third-order valence-corrected chi connectivity index (χ3v) is 3.93. The molecule has 106 valence electrons. The van der Waals surface area contributed by atoms with Crippen LogP contribution in [0, 0.1) is 18.3 Å². The van der Waals surface area contributed by atoms with Gasteiger partial charge in [-0.05, 0) is 24.6 Å². The second-order valence-corrected chi connectivity index (χ2v) is 5.59. The number of aryl methyl sites for hydroxylation is 1. The second-order valence-electron chi connectivity index (χ2n) is 4.75. The summed E-state index contributed by atoms with van der Waals surface area (Å²) >= 11 is 12.2. The van der Waals surface area contributed by atoms with Crippen molar-refractivity contribution in [2.75, 3.05) is 5.32 Å². The van der Waals surface area contributed by atoms with E-state index in [9.17, 15) is 5.26 Å². The highest BCUT2D eigenvalue weighted by molar-refractivity contribution is 6.35. The maximum atomic E-state index is 9.44. The second kappa shape index (κ2) is 4.99. The van der Waals surface area contributed by atoms with E-state index < -0.39 is 5.92 Å². The lowest BCUT2D eigenvalue weighted by Crippen LogP contribution is -2.23. The maximum Gasteiger partial charge on any atom is 0.154 e. The van der Waals surface area contributed by atoms with Gasteiger partial charge in [-0.3, -0.25) is 0 Å². The SMILES string of the molecule is Cc1nc2c([nH]1)C(c1ccc(Cl)cc1Cl)C(C#N)=C(N)N2. The molecule has 0 bridgehead atoms. The number of rotatable bonds is 1. The van der Waals surface area contributed by atoms with Gasteiger partial charge in [-0.2, -0.15) is 5.26 Å². The molecular formula is C14H11Cl2N5. The number of nitrogens with zero attached hydrogens (tertiary/aromatic N) is 2. The number of nitrogens with two attached hydrogens (primary N) is 1. The molecule has 0 aliphatic carbocycles. The highest BCUT2D eigenvalue weighted by atomic mass is 35.5. The number of anilines is 1. The van der Waals surface area contributed by atoms with Crippen LogP contribution < -0.4 is 11.1 Å². The molecule has 3 rings (SSSR count). The van der Waals surface area contributed by atoms with Gasteiger partial charge >= 0.3 is 0 Å². The molecule has 1 unspecified atom stereocenters. The minimum atomic E-state index is -0.391. The summed E-state index contributed by atoms with van der Waals surface area (Å²) in [4.78, 5) is 7.50. The third-order valence-electron chi connectivity index (χ3n) is 3.36. The number of nitriles is 1. The Morgan fingerprint density at radius 3 is 2.81 bits per heavy atom. The van der Waals surface area contributed by atoms with Crippen LogP contribution in [0.15, 0.2) is 29.6 Å². The quantitative estimate of drug-likeness (QED) is 0.752. The number of nitrogens with one attached hydrogen (secondary N) is 2. The largest absolute Gasteiger partial charge is 0.384 e. The summed E-state index contributed by atoms with van der Waals surface area (Å²) in [5, 5.41) is 13.4. The van der Waals surface area contributed by atoms with Gasteiger partial charge in [0.2, 0.25) is 0 Å². The predicted molar refractivity (Wildman–Crippen MR) is 82.1 cm³/mol. The average Bonchev–Trinajstić information content (AvgIpc) is 2.77. The molecule has 2 aromatic rings. The number of benzene rings is 1. The standard InChI is InChI=1S/C14H11Cl2N5/c1-6-19-12-11(8-3-2-7(15)4-10(8)16)9(5-17)13(18)21-14(12)20-6/h2-4,11,21H,18H2,1H3,(H,19,20). The summed E-state index contributed by atoms with van der Waals surface area (Å²) in [5.41, 5.74) is 7.87. The monoisotopic (exact) mass is 319 g/mol. The normalized spacial score (nSPS) is 17.1. The van der Waals surface area contributed by atoms with Crippen LogP contribution in [0.2, 0.25) is 10.0 Å². The van der Waals surface area contributed by atoms with Gasteiger partial charge in [-0.25, -0.2) is 4.98 Å². The molecule has 0 saturated heterocycles. The lowest BCUT2D eigenvalue weighted by molar-refractivity contribution is 0.892. The fraction of sp³-hybridized carbons (Fsp3) is 0.143. The summed E-state index contributed by atoms with van der Waals surface area (Å²) in [7, 11) is 0. The van der Waals surface area contributed by atoms with E-state index in [2.05, 4.69) is 21.4 Å². The van der Waals surface area contributed by atoms with Crippen molar-refractivity contribution >= 4 is 29.0 Å². The Kier molecular flexibility index (Phi) is 3.28. The van der Waals surface area contributed by atoms with Crippen molar-refractivity contribution in [2.24, 2.45) is 5.73 Å². The zero-order valence-corrected chi connectivity index (χ0v) is 12.5. The number of halogens is 2. The van der Waals surface area contributed by atoms with Crippen molar-refractivity contribution in [3.8, 4) is 6.07 Å². The number of hydrogen-bond donors (Lipinski definition) is 3. The molecule has 7 heteroatoms. The number of H-pyrrole nitrogens is 1. The summed E-state index contributed by atoms with van der Waals surface area (Å²) in [5.74, 6) is 1.24. The number of hydrogen-bond acceptors (Lipinski definition) is 4. The Hall–Kier alpha value is -2.16. The molecule has 1 aliphatic rings. The molecule has 0 saturated carbocycles. The highest BCUT2D eigenvalue weighted by Gasteiger charge is 2.32. The Bertz CT molecular complexity index is 800. The van der Waals surface area contributed by atoms with Gasteiger partial charge in [0.25, 0.3) is 0 Å². The van der Waals surface area contributed by atoms with Crippen LogP contribution in [-0.4, -0.2) is 9.97 Å². The number of imidazole rings is 1. The van der Waals surface area contributed by atoms with E-state index in [0.29, 0.717) is 21.4 Å². The Balaban J connectivity index is 2.25. The first-order chi connectivity index (χ1) is 10.0. The summed E-state index contributed by atoms with van der Waals surface area (Å²) < 4.78 is 0. The zero-order valence-electron chi connectivity index (χ0n) is 11.0. The third kappa shape index (κ3) is 2.23.